The molecule has 0 radical (unpaired) electrons. The van der Waals surface area contributed by atoms with Crippen LogP contribution in [0.3, 0.4) is 0 Å². The smallest absolute Gasteiger partial charge is 0.276 e. The fourth-order valence-corrected chi connectivity index (χ4v) is 2.54. The molecule has 2 aromatic carbocycles. The van der Waals surface area contributed by atoms with E-state index < -0.39 is 11.3 Å². The van der Waals surface area contributed by atoms with E-state index in [4.69, 9.17) is 0 Å². The number of aryl methyl sites for hydroxylation is 1. The molecule has 24 heavy (non-hydrogen) atoms. The quantitative estimate of drug-likeness (QED) is 0.801. The summed E-state index contributed by atoms with van der Waals surface area (Å²) < 4.78 is 14.8. The molecular formula is C18H16FN3O2. The zero-order valence-corrected chi connectivity index (χ0v) is 13.1. The van der Waals surface area contributed by atoms with Gasteiger partial charge in [-0.1, -0.05) is 24.3 Å². The van der Waals surface area contributed by atoms with Crippen molar-refractivity contribution in [1.29, 1.82) is 0 Å². The Kier molecular flexibility index (Phi) is 4.37. The van der Waals surface area contributed by atoms with E-state index in [1.165, 1.54) is 12.1 Å². The highest BCUT2D eigenvalue weighted by Gasteiger charge is 2.16. The van der Waals surface area contributed by atoms with Crippen LogP contribution in [-0.2, 0) is 13.1 Å². The van der Waals surface area contributed by atoms with Gasteiger partial charge >= 0.3 is 0 Å². The molecule has 0 unspecified atom stereocenters. The number of nitrogens with zero attached hydrogens (tertiary/aromatic N) is 2. The predicted molar refractivity (Wildman–Crippen MR) is 89.2 cm³/mol. The van der Waals surface area contributed by atoms with Crippen LogP contribution in [0.25, 0.3) is 10.9 Å². The van der Waals surface area contributed by atoms with Crippen LogP contribution in [0.2, 0.25) is 0 Å². The van der Waals surface area contributed by atoms with Crippen molar-refractivity contribution in [3.05, 3.63) is 75.8 Å². The average Bonchev–Trinajstić information content (AvgIpc) is 2.60. The first-order chi connectivity index (χ1) is 11.6. The van der Waals surface area contributed by atoms with Gasteiger partial charge in [0.1, 0.15) is 5.82 Å². The number of carbonyl (C=O) groups excluding carboxylic acids is 1. The molecule has 0 aliphatic rings. The summed E-state index contributed by atoms with van der Waals surface area (Å²) >= 11 is 0. The van der Waals surface area contributed by atoms with E-state index in [0.29, 0.717) is 23.0 Å². The molecule has 0 saturated carbocycles. The third-order valence-corrected chi connectivity index (χ3v) is 3.72. The fourth-order valence-electron chi connectivity index (χ4n) is 2.54. The molecule has 0 atom stereocenters. The zero-order chi connectivity index (χ0) is 17.1. The standard InChI is InChI=1S/C18H16FN3O2/c1-2-22-15-9-4-3-8-14(15)17(23)16(21-22)18(24)20-11-12-6-5-7-13(19)10-12/h3-10H,2,11H2,1H3,(H,20,24). The van der Waals surface area contributed by atoms with Crippen molar-refractivity contribution >= 4 is 16.8 Å². The minimum atomic E-state index is -0.572. The topological polar surface area (TPSA) is 64.0 Å². The number of aromatic nitrogens is 2. The summed E-state index contributed by atoms with van der Waals surface area (Å²) in [6.45, 7) is 2.54. The monoisotopic (exact) mass is 325 g/mol. The van der Waals surface area contributed by atoms with E-state index in [1.807, 2.05) is 13.0 Å². The Morgan fingerprint density at radius 1 is 1.21 bits per heavy atom. The lowest BCUT2D eigenvalue weighted by atomic mass is 10.2. The van der Waals surface area contributed by atoms with Gasteiger partial charge in [-0.15, -0.1) is 0 Å². The van der Waals surface area contributed by atoms with E-state index >= 15 is 0 Å². The van der Waals surface area contributed by atoms with Crippen LogP contribution in [0, 0.1) is 5.82 Å². The molecule has 3 aromatic rings. The van der Waals surface area contributed by atoms with E-state index in [-0.39, 0.29) is 18.1 Å². The highest BCUT2D eigenvalue weighted by atomic mass is 19.1. The van der Waals surface area contributed by atoms with Crippen LogP contribution in [0.4, 0.5) is 4.39 Å². The van der Waals surface area contributed by atoms with E-state index in [2.05, 4.69) is 10.4 Å². The largest absolute Gasteiger partial charge is 0.346 e. The number of para-hydroxylation sites is 1. The first-order valence-electron chi connectivity index (χ1n) is 7.62. The first-order valence-corrected chi connectivity index (χ1v) is 7.62. The van der Waals surface area contributed by atoms with Crippen molar-refractivity contribution in [3.63, 3.8) is 0 Å². The van der Waals surface area contributed by atoms with Crippen molar-refractivity contribution in [2.45, 2.75) is 20.0 Å². The van der Waals surface area contributed by atoms with Crippen LogP contribution < -0.4 is 10.7 Å². The molecular weight excluding hydrogens is 309 g/mol. The first kappa shape index (κ1) is 15.9. The normalized spacial score (nSPS) is 10.8. The number of fused-ring (bicyclic) bond motifs is 1. The van der Waals surface area contributed by atoms with Gasteiger partial charge in [0.05, 0.1) is 5.52 Å². The molecule has 1 heterocycles. The maximum Gasteiger partial charge on any atom is 0.276 e. The number of carbonyl (C=O) groups is 1. The van der Waals surface area contributed by atoms with E-state index in [9.17, 15) is 14.0 Å². The van der Waals surface area contributed by atoms with Gasteiger partial charge in [-0.25, -0.2) is 4.39 Å². The number of amides is 1. The molecule has 3 rings (SSSR count). The minimum absolute atomic E-state index is 0.122. The maximum absolute atomic E-state index is 13.2. The van der Waals surface area contributed by atoms with E-state index in [0.717, 1.165) is 0 Å². The number of halogens is 1. The average molecular weight is 325 g/mol. The summed E-state index contributed by atoms with van der Waals surface area (Å²) in [7, 11) is 0. The van der Waals surface area contributed by atoms with Gasteiger partial charge in [-0.2, -0.15) is 5.10 Å². The molecule has 0 fully saturated rings. The van der Waals surface area contributed by atoms with Crippen molar-refractivity contribution in [2.24, 2.45) is 0 Å². The Morgan fingerprint density at radius 2 is 2.00 bits per heavy atom. The third-order valence-electron chi connectivity index (χ3n) is 3.72. The van der Waals surface area contributed by atoms with Crippen LogP contribution in [0.15, 0.2) is 53.3 Å². The van der Waals surface area contributed by atoms with Crippen LogP contribution in [-0.4, -0.2) is 15.7 Å². The Hall–Kier alpha value is -3.02. The summed E-state index contributed by atoms with van der Waals surface area (Å²) in [5.74, 6) is -0.948. The predicted octanol–water partition coefficient (Wildman–Crippen LogP) is 2.49. The molecule has 0 aliphatic carbocycles. The second-order valence-electron chi connectivity index (χ2n) is 5.32. The second-order valence-corrected chi connectivity index (χ2v) is 5.32. The van der Waals surface area contributed by atoms with Gasteiger partial charge in [0.15, 0.2) is 5.69 Å². The van der Waals surface area contributed by atoms with Crippen molar-refractivity contribution in [1.82, 2.24) is 15.1 Å². The van der Waals surface area contributed by atoms with Gasteiger partial charge in [-0.05, 0) is 36.8 Å². The third kappa shape index (κ3) is 3.03. The molecule has 0 saturated heterocycles. The summed E-state index contributed by atoms with van der Waals surface area (Å²) in [6, 6.07) is 13.0. The fraction of sp³-hybridized carbons (Fsp3) is 0.167. The van der Waals surface area contributed by atoms with Crippen LogP contribution in [0.1, 0.15) is 23.0 Å². The number of benzene rings is 2. The SMILES string of the molecule is CCn1nc(C(=O)NCc2cccc(F)c2)c(=O)c2ccccc21. The summed E-state index contributed by atoms with van der Waals surface area (Å²) in [6.07, 6.45) is 0. The number of rotatable bonds is 4. The molecule has 5 nitrogen and oxygen atoms in total. The zero-order valence-electron chi connectivity index (χ0n) is 13.1. The highest BCUT2D eigenvalue weighted by molar-refractivity contribution is 5.95. The summed E-state index contributed by atoms with van der Waals surface area (Å²) in [5.41, 5.74) is 0.727. The number of nitrogens with one attached hydrogen (secondary N) is 1. The lowest BCUT2D eigenvalue weighted by molar-refractivity contribution is 0.0942. The van der Waals surface area contributed by atoms with Crippen molar-refractivity contribution in [2.75, 3.05) is 0 Å². The van der Waals surface area contributed by atoms with Crippen LogP contribution in [0.5, 0.6) is 0 Å². The Bertz CT molecular complexity index is 966. The van der Waals surface area contributed by atoms with Gasteiger partial charge in [-0.3, -0.25) is 14.3 Å². The molecule has 1 amide bonds. The Labute approximate surface area is 137 Å². The van der Waals surface area contributed by atoms with Crippen molar-refractivity contribution < 1.29 is 9.18 Å². The Balaban J connectivity index is 1.92. The molecule has 122 valence electrons. The number of hydrogen-bond donors (Lipinski definition) is 1. The highest BCUT2D eigenvalue weighted by Crippen LogP contribution is 2.09. The molecule has 0 bridgehead atoms. The van der Waals surface area contributed by atoms with Gasteiger partial charge < -0.3 is 5.32 Å². The molecule has 0 aliphatic heterocycles. The second kappa shape index (κ2) is 6.62. The van der Waals surface area contributed by atoms with Crippen LogP contribution >= 0.6 is 0 Å². The molecule has 1 aromatic heterocycles. The summed E-state index contributed by atoms with van der Waals surface area (Å²) in [5, 5.41) is 7.23. The van der Waals surface area contributed by atoms with Gasteiger partial charge in [0.25, 0.3) is 5.91 Å². The molecule has 1 N–H and O–H groups in total. The van der Waals surface area contributed by atoms with Crippen molar-refractivity contribution in [3.8, 4) is 0 Å². The van der Waals surface area contributed by atoms with Gasteiger partial charge in [0.2, 0.25) is 5.43 Å². The minimum Gasteiger partial charge on any atom is -0.346 e. The summed E-state index contributed by atoms with van der Waals surface area (Å²) in [4.78, 5) is 24.9. The molecule has 0 spiro atoms. The van der Waals surface area contributed by atoms with E-state index in [1.54, 1.807) is 35.0 Å². The van der Waals surface area contributed by atoms with Gasteiger partial charge in [0, 0.05) is 18.5 Å². The lowest BCUT2D eigenvalue weighted by Gasteiger charge is -2.10. The molecule has 6 heteroatoms. The lowest BCUT2D eigenvalue weighted by Crippen LogP contribution is -2.31. The Morgan fingerprint density at radius 3 is 2.75 bits per heavy atom. The number of hydrogen-bond acceptors (Lipinski definition) is 3. The maximum atomic E-state index is 13.2.